The predicted molar refractivity (Wildman–Crippen MR) is 129 cm³/mol. The number of anilines is 1. The average molecular weight is 543 g/mol. The second-order valence-corrected chi connectivity index (χ2v) is 11.7. The molecule has 0 bridgehead atoms. The Hall–Kier alpha value is -2.64. The molecule has 1 atom stereocenters. The predicted octanol–water partition coefficient (Wildman–Crippen LogP) is 3.56. The summed E-state index contributed by atoms with van der Waals surface area (Å²) in [5, 5.41) is 4.96. The molecule has 0 radical (unpaired) electrons. The molecule has 196 valence electrons. The topological polar surface area (TPSA) is 109 Å². The molecule has 1 aromatic carbocycles. The minimum atomic E-state index is -4.14. The summed E-state index contributed by atoms with van der Waals surface area (Å²) in [5.74, 6) is -0.808. The Morgan fingerprint density at radius 1 is 1.22 bits per heavy atom. The van der Waals surface area contributed by atoms with E-state index in [0.29, 0.717) is 17.5 Å². The summed E-state index contributed by atoms with van der Waals surface area (Å²) in [6, 6.07) is 4.05. The summed E-state index contributed by atoms with van der Waals surface area (Å²) < 4.78 is 56.7. The molecule has 2 fully saturated rings. The summed E-state index contributed by atoms with van der Waals surface area (Å²) in [6.45, 7) is -3.54. The van der Waals surface area contributed by atoms with Gasteiger partial charge in [0.15, 0.2) is 5.13 Å². The Bertz CT molecular complexity index is 1160. The molecule has 36 heavy (non-hydrogen) atoms. The molecule has 1 aromatic heterocycles. The van der Waals surface area contributed by atoms with Gasteiger partial charge >= 0.3 is 6.61 Å². The lowest BCUT2D eigenvalue weighted by Crippen LogP contribution is -2.58. The van der Waals surface area contributed by atoms with E-state index in [4.69, 9.17) is 0 Å². The van der Waals surface area contributed by atoms with Crippen molar-refractivity contribution < 1.29 is 31.5 Å². The number of carbonyl (C=O) groups is 2. The summed E-state index contributed by atoms with van der Waals surface area (Å²) in [4.78, 5) is 31.7. The molecule has 1 saturated carbocycles. The number of sulfonamides is 1. The number of nitrogens with zero attached hydrogens (tertiary/aromatic N) is 3. The second kappa shape index (κ2) is 11.6. The smallest absolute Gasteiger partial charge is 0.387 e. The lowest BCUT2D eigenvalue weighted by molar-refractivity contribution is -0.142. The fourth-order valence-corrected chi connectivity index (χ4v) is 6.70. The zero-order valence-electron chi connectivity index (χ0n) is 19.5. The van der Waals surface area contributed by atoms with E-state index in [1.54, 1.807) is 11.6 Å². The van der Waals surface area contributed by atoms with Crippen LogP contribution in [0.2, 0.25) is 0 Å². The lowest BCUT2D eigenvalue weighted by atomic mass is 9.84. The lowest BCUT2D eigenvalue weighted by Gasteiger charge is -2.39. The number of rotatable bonds is 9. The highest BCUT2D eigenvalue weighted by Gasteiger charge is 2.39. The molecular weight excluding hydrogens is 514 g/mol. The number of halogens is 2. The standard InChI is InChI=1S/C23H28F2N4O5S2/c24-22(25)34-17-7-4-8-18(14-17)36(32,33)28-10-11-29(20(30)15-28)19(13-16-5-2-1-3-6-16)21(31)27-23-26-9-12-35-23/h4,7-9,12,14,16,19,22H,1-3,5-6,10-11,13,15H2,(H,26,27,31)/t19-/m0/s1. The minimum Gasteiger partial charge on any atom is -0.435 e. The molecule has 1 N–H and O–H groups in total. The van der Waals surface area contributed by atoms with Crippen molar-refractivity contribution in [3.63, 3.8) is 0 Å². The van der Waals surface area contributed by atoms with Crippen LogP contribution in [-0.2, 0) is 19.6 Å². The average Bonchev–Trinajstić information content (AvgIpc) is 3.36. The van der Waals surface area contributed by atoms with Crippen molar-refractivity contribution in [1.82, 2.24) is 14.2 Å². The number of piperazine rings is 1. The molecule has 1 saturated heterocycles. The van der Waals surface area contributed by atoms with E-state index in [2.05, 4.69) is 15.0 Å². The Morgan fingerprint density at radius 2 is 2.00 bits per heavy atom. The van der Waals surface area contributed by atoms with E-state index >= 15 is 0 Å². The Labute approximate surface area is 212 Å². The van der Waals surface area contributed by atoms with E-state index in [0.717, 1.165) is 42.5 Å². The van der Waals surface area contributed by atoms with Gasteiger partial charge in [0.25, 0.3) is 0 Å². The van der Waals surface area contributed by atoms with Crippen LogP contribution in [0.1, 0.15) is 38.5 Å². The number of carbonyl (C=O) groups excluding carboxylic acids is 2. The van der Waals surface area contributed by atoms with Crippen LogP contribution in [0.25, 0.3) is 0 Å². The number of nitrogens with one attached hydrogen (secondary N) is 1. The normalized spacial score (nSPS) is 18.9. The van der Waals surface area contributed by atoms with Crippen molar-refractivity contribution >= 4 is 38.3 Å². The Balaban J connectivity index is 1.49. The Morgan fingerprint density at radius 3 is 2.67 bits per heavy atom. The Kier molecular flexibility index (Phi) is 8.52. The first-order chi connectivity index (χ1) is 17.2. The highest BCUT2D eigenvalue weighted by atomic mass is 32.2. The van der Waals surface area contributed by atoms with Crippen LogP contribution in [0, 0.1) is 5.92 Å². The monoisotopic (exact) mass is 542 g/mol. The van der Waals surface area contributed by atoms with Gasteiger partial charge in [0, 0.05) is 30.7 Å². The van der Waals surface area contributed by atoms with E-state index < -0.39 is 35.1 Å². The second-order valence-electron chi connectivity index (χ2n) is 8.86. The summed E-state index contributed by atoms with van der Waals surface area (Å²) in [5.41, 5.74) is 0. The van der Waals surface area contributed by atoms with E-state index in [-0.39, 0.29) is 29.6 Å². The van der Waals surface area contributed by atoms with Crippen molar-refractivity contribution in [3.8, 4) is 5.75 Å². The third-order valence-electron chi connectivity index (χ3n) is 6.51. The molecule has 9 nitrogen and oxygen atoms in total. The first-order valence-corrected chi connectivity index (χ1v) is 14.1. The first-order valence-electron chi connectivity index (χ1n) is 11.8. The van der Waals surface area contributed by atoms with Gasteiger partial charge in [-0.15, -0.1) is 11.3 Å². The fraction of sp³-hybridized carbons (Fsp3) is 0.522. The maximum Gasteiger partial charge on any atom is 0.387 e. The van der Waals surface area contributed by atoms with E-state index in [1.807, 2.05) is 0 Å². The van der Waals surface area contributed by atoms with Gasteiger partial charge in [-0.3, -0.25) is 9.59 Å². The maximum absolute atomic E-state index is 13.2. The van der Waals surface area contributed by atoms with Crippen molar-refractivity contribution in [2.24, 2.45) is 5.92 Å². The molecule has 2 heterocycles. The molecule has 2 aromatic rings. The largest absolute Gasteiger partial charge is 0.435 e. The van der Waals surface area contributed by atoms with E-state index in [1.165, 1.54) is 34.4 Å². The molecule has 1 aliphatic carbocycles. The molecule has 4 rings (SSSR count). The van der Waals surface area contributed by atoms with Gasteiger partial charge in [-0.2, -0.15) is 13.1 Å². The van der Waals surface area contributed by atoms with Gasteiger partial charge < -0.3 is 15.0 Å². The zero-order chi connectivity index (χ0) is 25.7. The molecule has 13 heteroatoms. The van der Waals surface area contributed by atoms with Crippen molar-refractivity contribution in [2.45, 2.75) is 56.1 Å². The van der Waals surface area contributed by atoms with Gasteiger partial charge in [0.1, 0.15) is 11.8 Å². The number of amides is 2. The number of alkyl halides is 2. The summed E-state index contributed by atoms with van der Waals surface area (Å²) in [6.07, 6.45) is 7.38. The van der Waals surface area contributed by atoms with Gasteiger partial charge in [0.2, 0.25) is 21.8 Å². The third-order valence-corrected chi connectivity index (χ3v) is 9.04. The highest BCUT2D eigenvalue weighted by Crippen LogP contribution is 2.30. The van der Waals surface area contributed by atoms with Crippen molar-refractivity contribution in [2.75, 3.05) is 25.0 Å². The zero-order valence-corrected chi connectivity index (χ0v) is 21.1. The maximum atomic E-state index is 13.2. The summed E-state index contributed by atoms with van der Waals surface area (Å²) >= 11 is 1.28. The van der Waals surface area contributed by atoms with E-state index in [9.17, 15) is 26.8 Å². The molecule has 0 spiro atoms. The van der Waals surface area contributed by atoms with Crippen LogP contribution in [-0.4, -0.2) is 66.7 Å². The number of aromatic nitrogens is 1. The first kappa shape index (κ1) is 26.4. The quantitative estimate of drug-likeness (QED) is 0.519. The van der Waals surface area contributed by atoms with Crippen LogP contribution in [0.5, 0.6) is 5.75 Å². The van der Waals surface area contributed by atoms with Crippen LogP contribution in [0.4, 0.5) is 13.9 Å². The van der Waals surface area contributed by atoms with Gasteiger partial charge in [-0.25, -0.2) is 13.4 Å². The van der Waals surface area contributed by atoms with Gasteiger partial charge in [-0.1, -0.05) is 38.2 Å². The van der Waals surface area contributed by atoms with Crippen LogP contribution in [0.3, 0.4) is 0 Å². The molecule has 0 unspecified atom stereocenters. The molecular formula is C23H28F2N4O5S2. The molecule has 2 aliphatic rings. The molecule has 1 aliphatic heterocycles. The van der Waals surface area contributed by atoms with Gasteiger partial charge in [0.05, 0.1) is 11.4 Å². The minimum absolute atomic E-state index is 0.0281. The van der Waals surface area contributed by atoms with Crippen molar-refractivity contribution in [1.29, 1.82) is 0 Å². The van der Waals surface area contributed by atoms with Crippen LogP contribution >= 0.6 is 11.3 Å². The summed E-state index contributed by atoms with van der Waals surface area (Å²) in [7, 11) is -4.14. The number of ether oxygens (including phenoxy) is 1. The number of thiazole rings is 1. The highest BCUT2D eigenvalue weighted by molar-refractivity contribution is 7.89. The van der Waals surface area contributed by atoms with Crippen molar-refractivity contribution in [3.05, 3.63) is 35.8 Å². The fourth-order valence-electron chi connectivity index (χ4n) is 4.75. The number of hydrogen-bond donors (Lipinski definition) is 1. The molecule has 2 amide bonds. The number of benzene rings is 1. The van der Waals surface area contributed by atoms with Crippen LogP contribution in [0.15, 0.2) is 40.7 Å². The SMILES string of the molecule is O=C(Nc1nccs1)[C@H](CC1CCCCC1)N1CCN(S(=O)(=O)c2cccc(OC(F)F)c2)CC1=O. The third kappa shape index (κ3) is 6.37. The number of hydrogen-bond acceptors (Lipinski definition) is 7. The van der Waals surface area contributed by atoms with Gasteiger partial charge in [-0.05, 0) is 24.5 Å². The van der Waals surface area contributed by atoms with Crippen LogP contribution < -0.4 is 10.1 Å².